The van der Waals surface area contributed by atoms with E-state index in [-0.39, 0.29) is 29.8 Å². The average molecular weight is 486 g/mol. The molecule has 2 bridgehead atoms. The summed E-state index contributed by atoms with van der Waals surface area (Å²) in [4.78, 5) is 42.6. The number of benzene rings is 1. The molecule has 182 valence electrons. The van der Waals surface area contributed by atoms with Crippen LogP contribution in [0, 0.1) is 11.8 Å². The Morgan fingerprint density at radius 3 is 2.71 bits per heavy atom. The highest BCUT2D eigenvalue weighted by molar-refractivity contribution is 6.30. The van der Waals surface area contributed by atoms with Crippen molar-refractivity contribution in [1.82, 2.24) is 10.2 Å². The van der Waals surface area contributed by atoms with Crippen LogP contribution < -0.4 is 10.6 Å². The fraction of sp³-hybridized carbons (Fsp3) is 0.577. The van der Waals surface area contributed by atoms with Crippen molar-refractivity contribution in [3.63, 3.8) is 0 Å². The lowest BCUT2D eigenvalue weighted by Gasteiger charge is -2.36. The number of likely N-dealkylation sites (tertiary alicyclic amines) is 1. The van der Waals surface area contributed by atoms with Gasteiger partial charge in [-0.25, -0.2) is 0 Å². The van der Waals surface area contributed by atoms with Gasteiger partial charge in [0.25, 0.3) is 0 Å². The molecule has 3 heterocycles. The molecule has 1 aromatic rings. The summed E-state index contributed by atoms with van der Waals surface area (Å²) in [6, 6.07) is 6.10. The second kappa shape index (κ2) is 9.00. The van der Waals surface area contributed by atoms with E-state index in [1.807, 2.05) is 26.0 Å². The van der Waals surface area contributed by atoms with E-state index >= 15 is 0 Å². The zero-order valence-electron chi connectivity index (χ0n) is 19.6. The third-order valence-electron chi connectivity index (χ3n) is 7.97. The molecule has 3 fully saturated rings. The molecule has 1 spiro atoms. The van der Waals surface area contributed by atoms with Crippen LogP contribution in [0.5, 0.6) is 0 Å². The number of carbonyl (C=O) groups excluding carboxylic acids is 3. The van der Waals surface area contributed by atoms with Crippen LogP contribution in [0.4, 0.5) is 5.69 Å². The molecule has 3 aliphatic heterocycles. The van der Waals surface area contributed by atoms with Crippen molar-refractivity contribution in [3.8, 4) is 0 Å². The number of halogens is 1. The molecular formula is C26H32ClN3O4. The van der Waals surface area contributed by atoms with E-state index in [0.29, 0.717) is 17.1 Å². The Morgan fingerprint density at radius 2 is 2.00 bits per heavy atom. The van der Waals surface area contributed by atoms with Crippen LogP contribution in [0.3, 0.4) is 0 Å². The molecule has 6 atom stereocenters. The van der Waals surface area contributed by atoms with Gasteiger partial charge >= 0.3 is 0 Å². The molecule has 1 saturated carbocycles. The molecule has 0 unspecified atom stereocenters. The highest BCUT2D eigenvalue weighted by Crippen LogP contribution is 2.55. The van der Waals surface area contributed by atoms with Crippen LogP contribution in [0.2, 0.25) is 5.02 Å². The molecule has 1 aromatic carbocycles. The molecule has 2 N–H and O–H groups in total. The van der Waals surface area contributed by atoms with E-state index in [1.54, 1.807) is 29.2 Å². The van der Waals surface area contributed by atoms with Crippen LogP contribution in [0.1, 0.15) is 52.4 Å². The van der Waals surface area contributed by atoms with Gasteiger partial charge < -0.3 is 20.3 Å². The van der Waals surface area contributed by atoms with Gasteiger partial charge in [-0.2, -0.15) is 0 Å². The van der Waals surface area contributed by atoms with Gasteiger partial charge in [-0.05, 0) is 44.4 Å². The molecule has 4 aliphatic rings. The number of carbonyl (C=O) groups is 3. The SMILES string of the molecule is CC[C@H](C)N1C(=O)[C@H]2[C@H](C(=O)Nc3cccc(Cl)c3)[C@H]3C=C[C@@]2(O3)[C@@H]1C(=O)NC1CCCCC1. The Morgan fingerprint density at radius 1 is 1.24 bits per heavy atom. The molecule has 1 aliphatic carbocycles. The smallest absolute Gasteiger partial charge is 0.246 e. The minimum atomic E-state index is -1.12. The zero-order chi connectivity index (χ0) is 24.0. The minimum absolute atomic E-state index is 0.120. The summed E-state index contributed by atoms with van der Waals surface area (Å²) in [5.74, 6) is -2.11. The number of amides is 3. The van der Waals surface area contributed by atoms with E-state index in [2.05, 4.69) is 10.6 Å². The lowest BCUT2D eigenvalue weighted by molar-refractivity contribution is -0.143. The summed E-state index contributed by atoms with van der Waals surface area (Å²) in [6.45, 7) is 3.95. The van der Waals surface area contributed by atoms with Crippen LogP contribution in [0.15, 0.2) is 36.4 Å². The molecule has 3 amide bonds. The van der Waals surface area contributed by atoms with E-state index < -0.39 is 29.6 Å². The van der Waals surface area contributed by atoms with Gasteiger partial charge in [-0.3, -0.25) is 14.4 Å². The number of nitrogens with zero attached hydrogens (tertiary/aromatic N) is 1. The predicted molar refractivity (Wildman–Crippen MR) is 129 cm³/mol. The number of anilines is 1. The van der Waals surface area contributed by atoms with Crippen molar-refractivity contribution in [1.29, 1.82) is 0 Å². The maximum absolute atomic E-state index is 13.8. The Hall–Kier alpha value is -2.38. The number of nitrogens with one attached hydrogen (secondary N) is 2. The van der Waals surface area contributed by atoms with E-state index in [4.69, 9.17) is 16.3 Å². The molecular weight excluding hydrogens is 454 g/mol. The quantitative estimate of drug-likeness (QED) is 0.602. The number of fused-ring (bicyclic) bond motifs is 1. The topological polar surface area (TPSA) is 87.7 Å². The molecule has 2 saturated heterocycles. The molecule has 0 radical (unpaired) electrons. The summed E-state index contributed by atoms with van der Waals surface area (Å²) < 4.78 is 6.38. The number of ether oxygens (including phenoxy) is 1. The predicted octanol–water partition coefficient (Wildman–Crippen LogP) is 3.68. The molecule has 34 heavy (non-hydrogen) atoms. The lowest BCUT2D eigenvalue weighted by Crippen LogP contribution is -2.58. The van der Waals surface area contributed by atoms with E-state index in [9.17, 15) is 14.4 Å². The Bertz CT molecular complexity index is 1020. The second-order valence-corrected chi connectivity index (χ2v) is 10.5. The van der Waals surface area contributed by atoms with Gasteiger partial charge in [0.15, 0.2) is 0 Å². The molecule has 0 aromatic heterocycles. The maximum Gasteiger partial charge on any atom is 0.246 e. The third kappa shape index (κ3) is 3.73. The van der Waals surface area contributed by atoms with Crippen LogP contribution in [-0.2, 0) is 19.1 Å². The van der Waals surface area contributed by atoms with Gasteiger partial charge in [-0.1, -0.05) is 56.0 Å². The lowest BCUT2D eigenvalue weighted by atomic mass is 9.74. The molecule has 8 heteroatoms. The van der Waals surface area contributed by atoms with Crippen molar-refractivity contribution < 1.29 is 19.1 Å². The first kappa shape index (κ1) is 23.4. The van der Waals surface area contributed by atoms with Crippen molar-refractivity contribution >= 4 is 35.0 Å². The first-order chi connectivity index (χ1) is 16.4. The van der Waals surface area contributed by atoms with E-state index in [0.717, 1.165) is 25.7 Å². The number of hydrogen-bond acceptors (Lipinski definition) is 4. The second-order valence-electron chi connectivity index (χ2n) is 10.0. The van der Waals surface area contributed by atoms with Crippen LogP contribution in [-0.4, -0.2) is 52.5 Å². The normalized spacial score (nSPS) is 33.1. The monoisotopic (exact) mass is 485 g/mol. The first-order valence-electron chi connectivity index (χ1n) is 12.4. The fourth-order valence-corrected chi connectivity index (χ4v) is 6.39. The van der Waals surface area contributed by atoms with Crippen molar-refractivity contribution in [2.24, 2.45) is 11.8 Å². The van der Waals surface area contributed by atoms with Crippen molar-refractivity contribution in [2.75, 3.05) is 5.32 Å². The van der Waals surface area contributed by atoms with Crippen LogP contribution in [0.25, 0.3) is 0 Å². The maximum atomic E-state index is 13.8. The molecule has 5 rings (SSSR count). The number of rotatable bonds is 6. The highest BCUT2D eigenvalue weighted by atomic mass is 35.5. The van der Waals surface area contributed by atoms with Crippen LogP contribution >= 0.6 is 11.6 Å². The van der Waals surface area contributed by atoms with E-state index in [1.165, 1.54) is 6.42 Å². The largest absolute Gasteiger partial charge is 0.359 e. The van der Waals surface area contributed by atoms with Gasteiger partial charge in [0.2, 0.25) is 17.7 Å². The van der Waals surface area contributed by atoms with Gasteiger partial charge in [0.05, 0.1) is 17.9 Å². The summed E-state index contributed by atoms with van der Waals surface area (Å²) in [7, 11) is 0. The average Bonchev–Trinajstić information content (AvgIpc) is 3.46. The van der Waals surface area contributed by atoms with Gasteiger partial charge in [0.1, 0.15) is 11.6 Å². The van der Waals surface area contributed by atoms with Gasteiger partial charge in [0, 0.05) is 22.8 Å². The Kier molecular flexibility index (Phi) is 6.19. The Balaban J connectivity index is 1.45. The molecule has 7 nitrogen and oxygen atoms in total. The fourth-order valence-electron chi connectivity index (χ4n) is 6.20. The highest BCUT2D eigenvalue weighted by Gasteiger charge is 2.73. The van der Waals surface area contributed by atoms with Gasteiger partial charge in [-0.15, -0.1) is 0 Å². The zero-order valence-corrected chi connectivity index (χ0v) is 20.4. The standard InChI is InChI=1S/C26H32ClN3O4/c1-3-15(2)30-22(24(32)28-17-9-5-4-6-10-17)26-13-12-19(34-26)20(21(26)25(30)33)23(31)29-18-11-7-8-16(27)14-18/h7-8,11-15,17,19-22H,3-6,9-10H2,1-2H3,(H,28,32)(H,29,31)/t15-,19+,20+,21+,22-,26-/m0/s1. The summed E-state index contributed by atoms with van der Waals surface area (Å²) in [6.07, 6.45) is 9.15. The van der Waals surface area contributed by atoms with Crippen molar-refractivity contribution in [3.05, 3.63) is 41.4 Å². The first-order valence-corrected chi connectivity index (χ1v) is 12.8. The van der Waals surface area contributed by atoms with Crippen molar-refractivity contribution in [2.45, 2.75) is 82.2 Å². The Labute approximate surface area is 205 Å². The minimum Gasteiger partial charge on any atom is -0.359 e. The summed E-state index contributed by atoms with van der Waals surface area (Å²) >= 11 is 6.07. The number of hydrogen-bond donors (Lipinski definition) is 2. The third-order valence-corrected chi connectivity index (χ3v) is 8.21. The summed E-state index contributed by atoms with van der Waals surface area (Å²) in [5.41, 5.74) is -0.561. The summed E-state index contributed by atoms with van der Waals surface area (Å²) in [5, 5.41) is 6.62.